The van der Waals surface area contributed by atoms with E-state index in [1.807, 2.05) is 0 Å². The lowest BCUT2D eigenvalue weighted by atomic mass is 10.4. The van der Waals surface area contributed by atoms with Gasteiger partial charge in [-0.25, -0.2) is 0 Å². The van der Waals surface area contributed by atoms with Crippen LogP contribution in [0, 0.1) is 0 Å². The van der Waals surface area contributed by atoms with E-state index >= 15 is 0 Å². The Kier molecular flexibility index (Phi) is 4.08. The summed E-state index contributed by atoms with van der Waals surface area (Å²) in [6.07, 6.45) is 2.16. The van der Waals surface area contributed by atoms with Crippen LogP contribution in [0.3, 0.4) is 0 Å². The van der Waals surface area contributed by atoms with Crippen LogP contribution in [-0.2, 0) is 0 Å². The maximum atomic E-state index is 2.34. The van der Waals surface area contributed by atoms with Crippen molar-refractivity contribution in [3.63, 3.8) is 0 Å². The Morgan fingerprint density at radius 3 is 2.31 bits per heavy atom. The Bertz CT molecular complexity index is 267. The third kappa shape index (κ3) is 3.67. The van der Waals surface area contributed by atoms with Crippen LogP contribution >= 0.6 is 0 Å². The van der Waals surface area contributed by atoms with Gasteiger partial charge in [0.05, 0.1) is 0 Å². The Balaban J connectivity index is 2.64. The maximum Gasteiger partial charge on any atom is 0.334 e. The zero-order chi connectivity index (χ0) is 9.68. The van der Waals surface area contributed by atoms with Gasteiger partial charge in [0.1, 0.15) is 0 Å². The van der Waals surface area contributed by atoms with Gasteiger partial charge in [-0.3, -0.25) is 0 Å². The second kappa shape index (κ2) is 5.12. The van der Waals surface area contributed by atoms with E-state index in [1.165, 1.54) is 4.43 Å². The summed E-state index contributed by atoms with van der Waals surface area (Å²) in [5.41, 5.74) is 0. The molecular weight excluding hydrogens is 173 g/mol. The monoisotopic (exact) mass is 189 g/mol. The predicted octanol–water partition coefficient (Wildman–Crippen LogP) is 1.63. The van der Waals surface area contributed by atoms with Crippen molar-refractivity contribution in [3.8, 4) is 0 Å². The van der Waals surface area contributed by atoms with E-state index < -0.39 is 14.1 Å². The van der Waals surface area contributed by atoms with Crippen LogP contribution in [0.4, 0.5) is 0 Å². The van der Waals surface area contributed by atoms with Crippen LogP contribution in [0.2, 0.25) is 5.79 Å². The van der Waals surface area contributed by atoms with Crippen LogP contribution in [0.25, 0.3) is 0 Å². The Morgan fingerprint density at radius 2 is 1.77 bits per heavy atom. The smallest absolute Gasteiger partial charge is 0.334 e. The molecule has 0 bridgehead atoms. The van der Waals surface area contributed by atoms with Crippen LogP contribution < -0.4 is 4.43 Å². The molecule has 0 radical (unpaired) electrons. The highest BCUT2D eigenvalue weighted by atomic mass is 27.2. The van der Waals surface area contributed by atoms with Crippen molar-refractivity contribution in [3.05, 3.63) is 41.5 Å². The minimum atomic E-state index is -0.839. The molecule has 0 spiro atoms. The van der Waals surface area contributed by atoms with Gasteiger partial charge >= 0.3 is 14.1 Å². The Morgan fingerprint density at radius 1 is 1.15 bits per heavy atom. The molecule has 1 nitrogen and oxygen atoms in total. The highest BCUT2D eigenvalue weighted by Crippen LogP contribution is 1.90. The summed E-state index contributed by atoms with van der Waals surface area (Å²) in [6.45, 7) is 0. The molecule has 0 fully saturated rings. The summed E-state index contributed by atoms with van der Waals surface area (Å²) in [7, 11) is 4.12. The minimum absolute atomic E-state index is 0.839. The first-order valence-electron chi connectivity index (χ1n) is 4.60. The molecule has 0 aliphatic carbocycles. The van der Waals surface area contributed by atoms with Gasteiger partial charge in [-0.05, 0) is 6.20 Å². The lowest BCUT2D eigenvalue weighted by molar-refractivity contribution is 0.565. The first-order valence-corrected chi connectivity index (χ1v) is 6.99. The number of nitrogens with zero attached hydrogens (tertiary/aromatic N) is 1. The van der Waals surface area contributed by atoms with Crippen molar-refractivity contribution in [2.45, 2.75) is 5.79 Å². The molecule has 0 unspecified atom stereocenters. The molecule has 0 N–H and O–H groups in total. The first kappa shape index (κ1) is 10.4. The Labute approximate surface area is 85.1 Å². The third-order valence-corrected chi connectivity index (χ3v) is 4.18. The van der Waals surface area contributed by atoms with Gasteiger partial charge < -0.3 is 4.90 Å². The van der Waals surface area contributed by atoms with Gasteiger partial charge in [0.15, 0.2) is 0 Å². The second-order valence-corrected chi connectivity index (χ2v) is 6.13. The number of rotatable bonds is 3. The fraction of sp³-hybridized carbons (Fsp3) is 0.273. The highest BCUT2D eigenvalue weighted by molar-refractivity contribution is 6.76. The summed E-state index contributed by atoms with van der Waals surface area (Å²) in [4.78, 5) is 4.43. The average molecular weight is 189 g/mol. The second-order valence-electron chi connectivity index (χ2n) is 3.50. The lowest BCUT2D eigenvalue weighted by Crippen LogP contribution is -2.24. The van der Waals surface area contributed by atoms with Crippen LogP contribution in [0.15, 0.2) is 41.5 Å². The van der Waals surface area contributed by atoms with E-state index in [0.717, 1.165) is 0 Å². The summed E-state index contributed by atoms with van der Waals surface area (Å²) >= 11 is -0.839. The van der Waals surface area contributed by atoms with Crippen molar-refractivity contribution in [2.75, 3.05) is 14.1 Å². The van der Waals surface area contributed by atoms with Crippen molar-refractivity contribution < 1.29 is 0 Å². The van der Waals surface area contributed by atoms with E-state index in [0.29, 0.717) is 0 Å². The van der Waals surface area contributed by atoms with Crippen molar-refractivity contribution in [1.82, 2.24) is 4.90 Å². The fourth-order valence-corrected chi connectivity index (χ4v) is 2.82. The molecule has 2 heteroatoms. The number of hydrogen-bond donors (Lipinski definition) is 0. The summed E-state index contributed by atoms with van der Waals surface area (Å²) in [5, 5.41) is 0. The SMILES string of the molecule is CN(C)C=[CH][Al]([CH3])[c]1ccccc1. The first-order chi connectivity index (χ1) is 6.20. The zero-order valence-electron chi connectivity index (χ0n) is 8.57. The molecule has 1 aromatic rings. The molecule has 0 amide bonds. The van der Waals surface area contributed by atoms with Gasteiger partial charge in [-0.2, -0.15) is 0 Å². The number of benzene rings is 1. The molecular formula is C11H16AlN. The normalized spacial score (nSPS) is 10.4. The van der Waals surface area contributed by atoms with E-state index in [4.69, 9.17) is 0 Å². The van der Waals surface area contributed by atoms with E-state index in [2.05, 4.69) is 66.3 Å². The molecule has 0 aliphatic rings. The summed E-state index contributed by atoms with van der Waals surface area (Å²) in [5.74, 6) is 2.34. The summed E-state index contributed by atoms with van der Waals surface area (Å²) < 4.78 is 1.50. The molecule has 68 valence electrons. The van der Waals surface area contributed by atoms with Gasteiger partial charge in [-0.15, -0.1) is 9.36 Å². The fourth-order valence-electron chi connectivity index (χ4n) is 1.17. The quantitative estimate of drug-likeness (QED) is 0.653. The topological polar surface area (TPSA) is 3.24 Å². The average Bonchev–Trinajstić information content (AvgIpc) is 2.15. The molecule has 0 atom stereocenters. The van der Waals surface area contributed by atoms with Gasteiger partial charge in [0.25, 0.3) is 0 Å². The van der Waals surface area contributed by atoms with E-state index in [-0.39, 0.29) is 0 Å². The standard InChI is InChI=1S/C6H5.C4H8N.CH3.Al/c1-2-4-6-5-3-1;1-4-5(2)3;;/h1-5H;1,4H,2-3H3;1H3;. The van der Waals surface area contributed by atoms with Crippen LogP contribution in [-0.4, -0.2) is 33.1 Å². The number of hydrogen-bond acceptors (Lipinski definition) is 1. The van der Waals surface area contributed by atoms with Crippen molar-refractivity contribution in [1.29, 1.82) is 0 Å². The maximum absolute atomic E-state index is 2.34. The largest absolute Gasteiger partial charge is 0.385 e. The van der Waals surface area contributed by atoms with Gasteiger partial charge in [-0.1, -0.05) is 36.1 Å². The summed E-state index contributed by atoms with van der Waals surface area (Å²) in [6, 6.07) is 10.7. The molecule has 0 saturated carbocycles. The lowest BCUT2D eigenvalue weighted by Gasteiger charge is -2.05. The molecule has 1 rings (SSSR count). The molecule has 0 heterocycles. The molecule has 1 aromatic carbocycles. The molecule has 0 aromatic heterocycles. The molecule has 0 saturated heterocycles. The van der Waals surface area contributed by atoms with E-state index in [9.17, 15) is 0 Å². The highest BCUT2D eigenvalue weighted by Gasteiger charge is 2.07. The predicted molar refractivity (Wildman–Crippen MR) is 60.5 cm³/mol. The zero-order valence-corrected chi connectivity index (χ0v) is 9.72. The minimum Gasteiger partial charge on any atom is -0.385 e. The van der Waals surface area contributed by atoms with Crippen LogP contribution in [0.1, 0.15) is 0 Å². The van der Waals surface area contributed by atoms with Crippen molar-refractivity contribution >= 4 is 18.6 Å². The third-order valence-electron chi connectivity index (χ3n) is 2.00. The van der Waals surface area contributed by atoms with Crippen molar-refractivity contribution in [2.24, 2.45) is 0 Å². The van der Waals surface area contributed by atoms with Gasteiger partial charge in [0, 0.05) is 14.1 Å². The van der Waals surface area contributed by atoms with Crippen LogP contribution in [0.5, 0.6) is 0 Å². The van der Waals surface area contributed by atoms with Gasteiger partial charge in [0.2, 0.25) is 0 Å². The molecule has 13 heavy (non-hydrogen) atoms. The Hall–Kier alpha value is -0.708. The molecule has 0 aliphatic heterocycles. The van der Waals surface area contributed by atoms with E-state index in [1.54, 1.807) is 0 Å².